The maximum absolute atomic E-state index is 11.1. The normalized spacial score (nSPS) is 10.2. The Morgan fingerprint density at radius 3 is 2.89 bits per heavy atom. The average molecular weight is 277 g/mol. The minimum Gasteiger partial charge on any atom is -0.478 e. The van der Waals surface area contributed by atoms with Gasteiger partial charge in [0.2, 0.25) is 0 Å². The lowest BCUT2D eigenvalue weighted by atomic mass is 10.1. The fraction of sp³-hybridized carbons (Fsp3) is 0.143. The van der Waals surface area contributed by atoms with Gasteiger partial charge in [-0.1, -0.05) is 17.7 Å². The van der Waals surface area contributed by atoms with Crippen molar-refractivity contribution in [3.8, 4) is 0 Å². The highest BCUT2D eigenvalue weighted by Crippen LogP contribution is 2.21. The van der Waals surface area contributed by atoms with Gasteiger partial charge in [0.05, 0.1) is 11.3 Å². The predicted octanol–water partition coefficient (Wildman–Crippen LogP) is 3.09. The second kappa shape index (κ2) is 6.20. The third-order valence-electron chi connectivity index (χ3n) is 2.66. The van der Waals surface area contributed by atoms with E-state index in [0.29, 0.717) is 17.3 Å². The second-order valence-electron chi connectivity index (χ2n) is 4.03. The van der Waals surface area contributed by atoms with Crippen molar-refractivity contribution < 1.29 is 9.90 Å². The lowest BCUT2D eigenvalue weighted by Crippen LogP contribution is -2.09. The van der Waals surface area contributed by atoms with Crippen molar-refractivity contribution in [3.05, 3.63) is 58.9 Å². The average Bonchev–Trinajstić information content (AvgIpc) is 2.39. The Bertz CT molecular complexity index is 573. The third-order valence-corrected chi connectivity index (χ3v) is 2.90. The number of benzene rings is 1. The van der Waals surface area contributed by atoms with Crippen LogP contribution in [0.15, 0.2) is 42.7 Å². The second-order valence-corrected chi connectivity index (χ2v) is 4.47. The number of hydrogen-bond acceptors (Lipinski definition) is 3. The van der Waals surface area contributed by atoms with E-state index >= 15 is 0 Å². The topological polar surface area (TPSA) is 62.2 Å². The molecule has 0 aliphatic carbocycles. The Balaban J connectivity index is 2.03. The van der Waals surface area contributed by atoms with Crippen LogP contribution in [0.5, 0.6) is 0 Å². The van der Waals surface area contributed by atoms with Crippen molar-refractivity contribution in [2.75, 3.05) is 11.9 Å². The zero-order chi connectivity index (χ0) is 13.7. The summed E-state index contributed by atoms with van der Waals surface area (Å²) in [4.78, 5) is 15.1. The highest BCUT2D eigenvalue weighted by Gasteiger charge is 2.09. The minimum atomic E-state index is -0.972. The van der Waals surface area contributed by atoms with E-state index < -0.39 is 5.97 Å². The molecule has 1 aromatic carbocycles. The lowest BCUT2D eigenvalue weighted by Gasteiger charge is -2.10. The third kappa shape index (κ3) is 3.69. The Morgan fingerprint density at radius 1 is 1.37 bits per heavy atom. The molecule has 0 bridgehead atoms. The van der Waals surface area contributed by atoms with E-state index in [0.717, 1.165) is 12.0 Å². The molecule has 19 heavy (non-hydrogen) atoms. The van der Waals surface area contributed by atoms with Gasteiger partial charge in [0.1, 0.15) is 0 Å². The van der Waals surface area contributed by atoms with Gasteiger partial charge in [0.15, 0.2) is 0 Å². The SMILES string of the molecule is O=C(O)c1ccc(Cl)cc1NCCc1cccnc1. The summed E-state index contributed by atoms with van der Waals surface area (Å²) in [6.07, 6.45) is 4.27. The van der Waals surface area contributed by atoms with Gasteiger partial charge in [-0.05, 0) is 36.2 Å². The van der Waals surface area contributed by atoms with Crippen LogP contribution in [-0.2, 0) is 6.42 Å². The van der Waals surface area contributed by atoms with E-state index in [-0.39, 0.29) is 5.56 Å². The molecular formula is C14H13ClN2O2. The number of nitrogens with one attached hydrogen (secondary N) is 1. The molecule has 1 heterocycles. The first-order valence-electron chi connectivity index (χ1n) is 5.82. The molecule has 0 saturated heterocycles. The van der Waals surface area contributed by atoms with Crippen molar-refractivity contribution in [2.24, 2.45) is 0 Å². The van der Waals surface area contributed by atoms with Gasteiger partial charge in [-0.25, -0.2) is 4.79 Å². The van der Waals surface area contributed by atoms with Gasteiger partial charge in [-0.3, -0.25) is 4.98 Å². The summed E-state index contributed by atoms with van der Waals surface area (Å²) >= 11 is 5.87. The summed E-state index contributed by atoms with van der Waals surface area (Å²) in [5.41, 5.74) is 1.84. The van der Waals surface area contributed by atoms with Crippen LogP contribution in [0.25, 0.3) is 0 Å². The van der Waals surface area contributed by atoms with Gasteiger partial charge in [0.25, 0.3) is 0 Å². The summed E-state index contributed by atoms with van der Waals surface area (Å²) < 4.78 is 0. The molecule has 2 aromatic rings. The fourth-order valence-electron chi connectivity index (χ4n) is 1.74. The molecule has 0 aliphatic heterocycles. The molecule has 0 spiro atoms. The molecule has 2 rings (SSSR count). The van der Waals surface area contributed by atoms with Gasteiger partial charge in [0, 0.05) is 24.0 Å². The Kier molecular flexibility index (Phi) is 4.36. The number of hydrogen-bond donors (Lipinski definition) is 2. The molecule has 0 atom stereocenters. The van der Waals surface area contributed by atoms with Crippen LogP contribution in [0.2, 0.25) is 5.02 Å². The molecule has 5 heteroatoms. The highest BCUT2D eigenvalue weighted by atomic mass is 35.5. The molecule has 0 aliphatic rings. The monoisotopic (exact) mass is 276 g/mol. The fourth-order valence-corrected chi connectivity index (χ4v) is 1.91. The lowest BCUT2D eigenvalue weighted by molar-refractivity contribution is 0.0698. The van der Waals surface area contributed by atoms with Crippen molar-refractivity contribution in [1.29, 1.82) is 0 Å². The number of rotatable bonds is 5. The van der Waals surface area contributed by atoms with Crippen LogP contribution in [-0.4, -0.2) is 22.6 Å². The van der Waals surface area contributed by atoms with Crippen LogP contribution < -0.4 is 5.32 Å². The van der Waals surface area contributed by atoms with E-state index in [1.165, 1.54) is 6.07 Å². The van der Waals surface area contributed by atoms with Crippen molar-refractivity contribution >= 4 is 23.3 Å². The smallest absolute Gasteiger partial charge is 0.337 e. The number of carbonyl (C=O) groups is 1. The predicted molar refractivity (Wildman–Crippen MR) is 74.8 cm³/mol. The molecule has 0 amide bonds. The largest absolute Gasteiger partial charge is 0.478 e. The maximum atomic E-state index is 11.1. The molecule has 0 radical (unpaired) electrons. The van der Waals surface area contributed by atoms with Gasteiger partial charge in [-0.2, -0.15) is 0 Å². The van der Waals surface area contributed by atoms with Crippen LogP contribution >= 0.6 is 11.6 Å². The Morgan fingerprint density at radius 2 is 2.21 bits per heavy atom. The highest BCUT2D eigenvalue weighted by molar-refractivity contribution is 6.31. The first kappa shape index (κ1) is 13.4. The first-order chi connectivity index (χ1) is 9.16. The van der Waals surface area contributed by atoms with E-state index in [9.17, 15) is 4.79 Å². The molecule has 1 aromatic heterocycles. The van der Waals surface area contributed by atoms with Gasteiger partial charge in [-0.15, -0.1) is 0 Å². The number of carboxylic acid groups (broad SMARTS) is 1. The van der Waals surface area contributed by atoms with Crippen LogP contribution in [0.3, 0.4) is 0 Å². The van der Waals surface area contributed by atoms with Crippen molar-refractivity contribution in [3.63, 3.8) is 0 Å². The van der Waals surface area contributed by atoms with Crippen molar-refractivity contribution in [1.82, 2.24) is 4.98 Å². The molecule has 0 saturated carbocycles. The number of carboxylic acids is 1. The maximum Gasteiger partial charge on any atom is 0.337 e. The molecule has 4 nitrogen and oxygen atoms in total. The van der Waals surface area contributed by atoms with E-state index in [1.54, 1.807) is 24.5 Å². The standard InChI is InChI=1S/C14H13ClN2O2/c15-11-3-4-12(14(18)19)13(8-11)17-7-5-10-2-1-6-16-9-10/h1-4,6,8-9,17H,5,7H2,(H,18,19). The molecule has 2 N–H and O–H groups in total. The molecule has 98 valence electrons. The van der Waals surface area contributed by atoms with Crippen LogP contribution in [0, 0.1) is 0 Å². The Hall–Kier alpha value is -2.07. The number of halogens is 1. The summed E-state index contributed by atoms with van der Waals surface area (Å²) in [6, 6.07) is 8.53. The molecular weight excluding hydrogens is 264 g/mol. The van der Waals surface area contributed by atoms with Gasteiger partial charge >= 0.3 is 5.97 Å². The number of nitrogens with zero attached hydrogens (tertiary/aromatic N) is 1. The summed E-state index contributed by atoms with van der Waals surface area (Å²) in [6.45, 7) is 0.617. The summed E-state index contributed by atoms with van der Waals surface area (Å²) in [5, 5.41) is 12.7. The summed E-state index contributed by atoms with van der Waals surface area (Å²) in [7, 11) is 0. The van der Waals surface area contributed by atoms with Gasteiger partial charge < -0.3 is 10.4 Å². The minimum absolute atomic E-state index is 0.218. The summed E-state index contributed by atoms with van der Waals surface area (Å²) in [5.74, 6) is -0.972. The van der Waals surface area contributed by atoms with E-state index in [1.807, 2.05) is 12.1 Å². The number of aromatic carboxylic acids is 1. The number of anilines is 1. The van der Waals surface area contributed by atoms with E-state index in [4.69, 9.17) is 16.7 Å². The first-order valence-corrected chi connectivity index (χ1v) is 6.20. The zero-order valence-corrected chi connectivity index (χ0v) is 10.9. The number of pyridine rings is 1. The number of aromatic nitrogens is 1. The van der Waals surface area contributed by atoms with Crippen LogP contribution in [0.1, 0.15) is 15.9 Å². The van der Waals surface area contributed by atoms with E-state index in [2.05, 4.69) is 10.3 Å². The Labute approximate surface area is 116 Å². The van der Waals surface area contributed by atoms with Crippen LogP contribution in [0.4, 0.5) is 5.69 Å². The quantitative estimate of drug-likeness (QED) is 0.881. The molecule has 0 unspecified atom stereocenters. The van der Waals surface area contributed by atoms with Crippen molar-refractivity contribution in [2.45, 2.75) is 6.42 Å². The zero-order valence-electron chi connectivity index (χ0n) is 10.1. The molecule has 0 fully saturated rings.